The summed E-state index contributed by atoms with van der Waals surface area (Å²) in [5.74, 6) is -0.376. The maximum absolute atomic E-state index is 11.6. The number of rotatable bonds is 8. The van der Waals surface area contributed by atoms with E-state index in [1.54, 1.807) is 0 Å². The molecule has 4 heteroatoms. The highest BCUT2D eigenvalue weighted by Gasteiger charge is 2.33. The van der Waals surface area contributed by atoms with Crippen molar-refractivity contribution in [3.8, 4) is 0 Å². The van der Waals surface area contributed by atoms with Gasteiger partial charge in [-0.1, -0.05) is 46.8 Å². The minimum Gasteiger partial charge on any atom is -0.393 e. The van der Waals surface area contributed by atoms with Gasteiger partial charge in [0.2, 0.25) is 5.91 Å². The quantitative estimate of drug-likeness (QED) is 0.563. The predicted molar refractivity (Wildman–Crippen MR) is 124 cm³/mol. The van der Waals surface area contributed by atoms with E-state index in [0.29, 0.717) is 5.56 Å². The van der Waals surface area contributed by atoms with Gasteiger partial charge in [0.1, 0.15) is 0 Å². The Morgan fingerprint density at radius 2 is 1.72 bits per heavy atom. The first-order valence-electron chi connectivity index (χ1n) is 10.6. The first-order valence-corrected chi connectivity index (χ1v) is 11.5. The molecule has 0 aliphatic rings. The van der Waals surface area contributed by atoms with Crippen molar-refractivity contribution in [3.63, 3.8) is 0 Å². The number of aryl methyl sites for hydroxylation is 3. The Hall–Kier alpha value is -1.65. The van der Waals surface area contributed by atoms with E-state index in [2.05, 4.69) is 59.7 Å². The molecule has 1 aromatic heterocycles. The van der Waals surface area contributed by atoms with Gasteiger partial charge < -0.3 is 10.8 Å². The first-order chi connectivity index (χ1) is 13.5. The predicted octanol–water partition coefficient (Wildman–Crippen LogP) is 5.91. The zero-order chi connectivity index (χ0) is 22.0. The molecule has 1 unspecified atom stereocenters. The van der Waals surface area contributed by atoms with E-state index < -0.39 is 0 Å². The molecule has 0 aliphatic heterocycles. The molecule has 2 aromatic rings. The second-order valence-electron chi connectivity index (χ2n) is 9.32. The second-order valence-corrected chi connectivity index (χ2v) is 10.5. The SMILES string of the molecule is CCC(CC)(c1ccc(C(N)=O)c(C)c1)c1cc(C)c(CCC(O)C(C)(C)C)s1. The van der Waals surface area contributed by atoms with Gasteiger partial charge in [0.05, 0.1) is 6.10 Å². The molecule has 3 nitrogen and oxygen atoms in total. The number of amides is 1. The monoisotopic (exact) mass is 415 g/mol. The van der Waals surface area contributed by atoms with Crippen molar-refractivity contribution >= 4 is 17.2 Å². The van der Waals surface area contributed by atoms with E-state index in [4.69, 9.17) is 5.73 Å². The third-order valence-corrected chi connectivity index (χ3v) is 7.89. The Bertz CT molecular complexity index is 856. The molecule has 2 rings (SSSR count). The zero-order valence-electron chi connectivity index (χ0n) is 19.1. The lowest BCUT2D eigenvalue weighted by atomic mass is 9.74. The summed E-state index contributed by atoms with van der Waals surface area (Å²) in [4.78, 5) is 14.4. The molecule has 0 spiro atoms. The van der Waals surface area contributed by atoms with Crippen LogP contribution in [-0.2, 0) is 11.8 Å². The third kappa shape index (κ3) is 4.92. The number of aliphatic hydroxyl groups is 1. The van der Waals surface area contributed by atoms with E-state index in [9.17, 15) is 9.90 Å². The normalized spacial score (nSPS) is 13.5. The van der Waals surface area contributed by atoms with E-state index in [-0.39, 0.29) is 22.8 Å². The molecule has 0 saturated carbocycles. The van der Waals surface area contributed by atoms with E-state index in [1.165, 1.54) is 20.9 Å². The van der Waals surface area contributed by atoms with E-state index in [0.717, 1.165) is 31.2 Å². The van der Waals surface area contributed by atoms with Gasteiger partial charge in [-0.3, -0.25) is 4.79 Å². The van der Waals surface area contributed by atoms with E-state index >= 15 is 0 Å². The molecule has 160 valence electrons. The van der Waals surface area contributed by atoms with Gasteiger partial charge in [-0.2, -0.15) is 0 Å². The molecule has 1 amide bonds. The number of thiophene rings is 1. The summed E-state index contributed by atoms with van der Waals surface area (Å²) >= 11 is 1.88. The van der Waals surface area contributed by atoms with Crippen LogP contribution in [-0.4, -0.2) is 17.1 Å². The van der Waals surface area contributed by atoms with Crippen LogP contribution >= 0.6 is 11.3 Å². The molecule has 1 atom stereocenters. The molecular formula is C25H37NO2S. The Kier molecular flexibility index (Phi) is 7.34. The number of carbonyl (C=O) groups is 1. The minimum atomic E-state index is -0.376. The number of aliphatic hydroxyl groups excluding tert-OH is 1. The summed E-state index contributed by atoms with van der Waals surface area (Å²) in [6, 6.07) is 8.39. The maximum Gasteiger partial charge on any atom is 0.248 e. The van der Waals surface area contributed by atoms with E-state index in [1.807, 2.05) is 24.3 Å². The lowest BCUT2D eigenvalue weighted by molar-refractivity contribution is 0.0561. The second kappa shape index (κ2) is 9.01. The Balaban J connectivity index is 2.41. The first kappa shape index (κ1) is 23.6. The fourth-order valence-electron chi connectivity index (χ4n) is 4.09. The third-order valence-electron chi connectivity index (χ3n) is 6.39. The molecule has 0 bridgehead atoms. The Morgan fingerprint density at radius 1 is 1.10 bits per heavy atom. The minimum absolute atomic E-state index is 0.0722. The van der Waals surface area contributed by atoms with Crippen LogP contribution in [0.25, 0.3) is 0 Å². The average Bonchev–Trinajstić information content (AvgIpc) is 3.01. The summed E-state index contributed by atoms with van der Waals surface area (Å²) in [7, 11) is 0. The van der Waals surface area contributed by atoms with Crippen molar-refractivity contribution in [1.29, 1.82) is 0 Å². The van der Waals surface area contributed by atoms with Crippen LogP contribution in [0.2, 0.25) is 0 Å². The number of nitrogens with two attached hydrogens (primary N) is 1. The van der Waals surface area contributed by atoms with Gasteiger partial charge in [0, 0.05) is 20.7 Å². The molecule has 3 N–H and O–H groups in total. The summed E-state index contributed by atoms with van der Waals surface area (Å²) in [6.07, 6.45) is 3.35. The number of hydrogen-bond donors (Lipinski definition) is 2. The molecule has 0 aliphatic carbocycles. The fourth-order valence-corrected chi connectivity index (χ4v) is 5.63. The molecule has 29 heavy (non-hydrogen) atoms. The Labute approximate surface area is 180 Å². The van der Waals surface area contributed by atoms with Gasteiger partial charge in [0.25, 0.3) is 0 Å². The molecule has 1 heterocycles. The molecular weight excluding hydrogens is 378 g/mol. The van der Waals surface area contributed by atoms with Gasteiger partial charge >= 0.3 is 0 Å². The van der Waals surface area contributed by atoms with Gasteiger partial charge in [-0.05, 0) is 73.8 Å². The van der Waals surface area contributed by atoms with Crippen LogP contribution in [0.5, 0.6) is 0 Å². The lowest BCUT2D eigenvalue weighted by Crippen LogP contribution is -2.26. The van der Waals surface area contributed by atoms with Crippen LogP contribution in [0.3, 0.4) is 0 Å². The highest BCUT2D eigenvalue weighted by molar-refractivity contribution is 7.12. The lowest BCUT2D eigenvalue weighted by Gasteiger charge is -2.32. The standard InChI is InChI=1S/C25H37NO2S/c1-8-25(9-2,18-10-11-19(23(26)28)16(3)14-18)22-15-17(4)20(29-22)12-13-21(27)24(5,6)7/h10-11,14-15,21,27H,8-9,12-13H2,1-7H3,(H2,26,28). The molecule has 0 radical (unpaired) electrons. The molecule has 0 fully saturated rings. The van der Waals surface area contributed by atoms with Crippen molar-refractivity contribution in [1.82, 2.24) is 0 Å². The van der Waals surface area contributed by atoms with Crippen molar-refractivity contribution < 1.29 is 9.90 Å². The van der Waals surface area contributed by atoms with Gasteiger partial charge in [-0.25, -0.2) is 0 Å². The largest absolute Gasteiger partial charge is 0.393 e. The van der Waals surface area contributed by atoms with Crippen molar-refractivity contribution in [3.05, 3.63) is 56.3 Å². The topological polar surface area (TPSA) is 63.3 Å². The number of carbonyl (C=O) groups excluding carboxylic acids is 1. The van der Waals surface area contributed by atoms with Crippen molar-refractivity contribution in [2.24, 2.45) is 11.1 Å². The average molecular weight is 416 g/mol. The molecule has 0 saturated heterocycles. The summed E-state index contributed by atoms with van der Waals surface area (Å²) in [6.45, 7) is 14.9. The summed E-state index contributed by atoms with van der Waals surface area (Å²) in [5.41, 5.74) is 9.42. The summed E-state index contributed by atoms with van der Waals surface area (Å²) in [5, 5.41) is 10.4. The number of primary amides is 1. The maximum atomic E-state index is 11.6. The molecule has 1 aromatic carbocycles. The van der Waals surface area contributed by atoms with Crippen molar-refractivity contribution in [2.75, 3.05) is 0 Å². The fraction of sp³-hybridized carbons (Fsp3) is 0.560. The van der Waals surface area contributed by atoms with Gasteiger partial charge in [-0.15, -0.1) is 11.3 Å². The highest BCUT2D eigenvalue weighted by Crippen LogP contribution is 2.44. The summed E-state index contributed by atoms with van der Waals surface area (Å²) < 4.78 is 0. The zero-order valence-corrected chi connectivity index (χ0v) is 19.9. The number of benzene rings is 1. The van der Waals surface area contributed by atoms with Crippen LogP contribution in [0.1, 0.15) is 90.7 Å². The van der Waals surface area contributed by atoms with Crippen LogP contribution in [0.15, 0.2) is 24.3 Å². The Morgan fingerprint density at radius 3 is 2.21 bits per heavy atom. The van der Waals surface area contributed by atoms with Crippen LogP contribution < -0.4 is 5.73 Å². The van der Waals surface area contributed by atoms with Crippen LogP contribution in [0.4, 0.5) is 0 Å². The van der Waals surface area contributed by atoms with Crippen LogP contribution in [0, 0.1) is 19.3 Å². The number of hydrogen-bond acceptors (Lipinski definition) is 3. The smallest absolute Gasteiger partial charge is 0.248 e. The van der Waals surface area contributed by atoms with Gasteiger partial charge in [0.15, 0.2) is 0 Å². The highest BCUT2D eigenvalue weighted by atomic mass is 32.1. The van der Waals surface area contributed by atoms with Crippen molar-refractivity contribution in [2.45, 2.75) is 85.7 Å².